The third-order valence-electron chi connectivity index (χ3n) is 5.73. The number of carbonyl (C=O) groups is 1. The van der Waals surface area contributed by atoms with Gasteiger partial charge in [0.25, 0.3) is 0 Å². The summed E-state index contributed by atoms with van der Waals surface area (Å²) in [5, 5.41) is 0. The van der Waals surface area contributed by atoms with E-state index in [0.29, 0.717) is 23.3 Å². The fourth-order valence-electron chi connectivity index (χ4n) is 3.44. The molecule has 1 aliphatic carbocycles. The minimum atomic E-state index is 0.253. The Morgan fingerprint density at radius 2 is 1.68 bits per heavy atom. The Bertz CT molecular complexity index is 311. The highest BCUT2D eigenvalue weighted by Gasteiger charge is 2.36. The SMILES string of the molecule is CC(C)C1(C)CCN(C(=O)C2CCC(N)CC2)CC1. The Hall–Kier alpha value is -0.570. The van der Waals surface area contributed by atoms with Crippen molar-refractivity contribution in [2.75, 3.05) is 13.1 Å². The summed E-state index contributed by atoms with van der Waals surface area (Å²) in [6, 6.07) is 0.328. The monoisotopic (exact) mass is 266 g/mol. The topological polar surface area (TPSA) is 46.3 Å². The van der Waals surface area contributed by atoms with Gasteiger partial charge in [-0.25, -0.2) is 0 Å². The predicted octanol–water partition coefficient (Wildman–Crippen LogP) is 2.79. The molecule has 110 valence electrons. The molecule has 0 aromatic carbocycles. The van der Waals surface area contributed by atoms with Crippen molar-refractivity contribution in [3.05, 3.63) is 0 Å². The van der Waals surface area contributed by atoms with E-state index in [1.54, 1.807) is 0 Å². The van der Waals surface area contributed by atoms with Crippen molar-refractivity contribution >= 4 is 5.91 Å². The maximum absolute atomic E-state index is 12.5. The van der Waals surface area contributed by atoms with Gasteiger partial charge in [-0.3, -0.25) is 4.79 Å². The van der Waals surface area contributed by atoms with E-state index in [-0.39, 0.29) is 5.92 Å². The number of rotatable bonds is 2. The van der Waals surface area contributed by atoms with Crippen LogP contribution >= 0.6 is 0 Å². The van der Waals surface area contributed by atoms with Gasteiger partial charge in [-0.2, -0.15) is 0 Å². The van der Waals surface area contributed by atoms with Crippen LogP contribution in [0, 0.1) is 17.3 Å². The Labute approximate surface area is 117 Å². The molecule has 1 saturated heterocycles. The van der Waals surface area contributed by atoms with Gasteiger partial charge in [0, 0.05) is 25.0 Å². The van der Waals surface area contributed by atoms with E-state index in [0.717, 1.165) is 51.6 Å². The van der Waals surface area contributed by atoms with Gasteiger partial charge < -0.3 is 10.6 Å². The third-order valence-corrected chi connectivity index (χ3v) is 5.73. The van der Waals surface area contributed by atoms with E-state index in [9.17, 15) is 4.79 Å². The van der Waals surface area contributed by atoms with Gasteiger partial charge in [-0.05, 0) is 49.9 Å². The molecule has 2 rings (SSSR count). The lowest BCUT2D eigenvalue weighted by atomic mass is 9.71. The molecule has 2 fully saturated rings. The van der Waals surface area contributed by atoms with Crippen LogP contribution in [0.5, 0.6) is 0 Å². The second-order valence-corrected chi connectivity index (χ2v) is 7.25. The highest BCUT2D eigenvalue weighted by atomic mass is 16.2. The molecule has 0 bridgehead atoms. The number of amides is 1. The standard InChI is InChI=1S/C16H30N2O/c1-12(2)16(3)8-10-18(11-9-16)15(19)13-4-6-14(17)7-5-13/h12-14H,4-11,17H2,1-3H3. The molecule has 1 saturated carbocycles. The van der Waals surface area contributed by atoms with Crippen LogP contribution in [0.2, 0.25) is 0 Å². The van der Waals surface area contributed by atoms with Crippen LogP contribution in [0.1, 0.15) is 59.3 Å². The van der Waals surface area contributed by atoms with Crippen LogP contribution in [0.15, 0.2) is 0 Å². The molecule has 2 aliphatic rings. The van der Waals surface area contributed by atoms with Gasteiger partial charge in [0.15, 0.2) is 0 Å². The van der Waals surface area contributed by atoms with Gasteiger partial charge in [0.05, 0.1) is 0 Å². The number of nitrogens with zero attached hydrogens (tertiary/aromatic N) is 1. The lowest BCUT2D eigenvalue weighted by Gasteiger charge is -2.43. The van der Waals surface area contributed by atoms with Gasteiger partial charge in [0.1, 0.15) is 0 Å². The summed E-state index contributed by atoms with van der Waals surface area (Å²) in [6.45, 7) is 8.89. The molecule has 0 unspecified atom stereocenters. The Balaban J connectivity index is 1.86. The summed E-state index contributed by atoms with van der Waals surface area (Å²) in [5.41, 5.74) is 6.34. The second-order valence-electron chi connectivity index (χ2n) is 7.25. The van der Waals surface area contributed by atoms with Crippen LogP contribution in [0.3, 0.4) is 0 Å². The van der Waals surface area contributed by atoms with Crippen LogP contribution in [0.4, 0.5) is 0 Å². The Kier molecular flexibility index (Phi) is 4.54. The maximum Gasteiger partial charge on any atom is 0.225 e. The molecule has 3 heteroatoms. The summed E-state index contributed by atoms with van der Waals surface area (Å²) >= 11 is 0. The van der Waals surface area contributed by atoms with Crippen molar-refractivity contribution in [2.24, 2.45) is 23.0 Å². The molecular formula is C16H30N2O. The lowest BCUT2D eigenvalue weighted by Crippen LogP contribution is -2.47. The van der Waals surface area contributed by atoms with Gasteiger partial charge in [0.2, 0.25) is 5.91 Å². The maximum atomic E-state index is 12.5. The zero-order valence-corrected chi connectivity index (χ0v) is 12.8. The highest BCUT2D eigenvalue weighted by Crippen LogP contribution is 2.38. The summed E-state index contributed by atoms with van der Waals surface area (Å²) in [4.78, 5) is 14.6. The Morgan fingerprint density at radius 3 is 2.16 bits per heavy atom. The van der Waals surface area contributed by atoms with Crippen molar-refractivity contribution in [3.63, 3.8) is 0 Å². The number of hydrogen-bond acceptors (Lipinski definition) is 2. The fourth-order valence-corrected chi connectivity index (χ4v) is 3.44. The van der Waals surface area contributed by atoms with E-state index in [1.165, 1.54) is 0 Å². The van der Waals surface area contributed by atoms with Crippen molar-refractivity contribution in [1.29, 1.82) is 0 Å². The average Bonchev–Trinajstić information content (AvgIpc) is 2.39. The van der Waals surface area contributed by atoms with Crippen molar-refractivity contribution in [1.82, 2.24) is 4.90 Å². The number of carbonyl (C=O) groups excluding carboxylic acids is 1. The van der Waals surface area contributed by atoms with Crippen LogP contribution < -0.4 is 5.73 Å². The third kappa shape index (κ3) is 3.31. The molecule has 1 amide bonds. The van der Waals surface area contributed by atoms with Crippen molar-refractivity contribution in [3.8, 4) is 0 Å². The van der Waals surface area contributed by atoms with Crippen LogP contribution in [0.25, 0.3) is 0 Å². The number of hydrogen-bond donors (Lipinski definition) is 1. The fraction of sp³-hybridized carbons (Fsp3) is 0.938. The van der Waals surface area contributed by atoms with E-state index >= 15 is 0 Å². The van der Waals surface area contributed by atoms with E-state index in [2.05, 4.69) is 25.7 Å². The smallest absolute Gasteiger partial charge is 0.225 e. The minimum Gasteiger partial charge on any atom is -0.342 e. The second kappa shape index (κ2) is 5.82. The van der Waals surface area contributed by atoms with Crippen molar-refractivity contribution < 1.29 is 4.79 Å². The van der Waals surface area contributed by atoms with E-state index < -0.39 is 0 Å². The predicted molar refractivity (Wildman–Crippen MR) is 78.7 cm³/mol. The summed E-state index contributed by atoms with van der Waals surface area (Å²) in [7, 11) is 0. The molecule has 0 radical (unpaired) electrons. The zero-order valence-electron chi connectivity index (χ0n) is 12.8. The number of piperidine rings is 1. The molecule has 0 atom stereocenters. The first kappa shape index (κ1) is 14.8. The first-order valence-electron chi connectivity index (χ1n) is 7.97. The van der Waals surface area contributed by atoms with E-state index in [4.69, 9.17) is 5.73 Å². The molecule has 0 aromatic rings. The molecule has 0 spiro atoms. The van der Waals surface area contributed by atoms with Gasteiger partial charge in [-0.1, -0.05) is 20.8 Å². The number of likely N-dealkylation sites (tertiary alicyclic amines) is 1. The first-order valence-corrected chi connectivity index (χ1v) is 7.97. The molecular weight excluding hydrogens is 236 g/mol. The Morgan fingerprint density at radius 1 is 1.16 bits per heavy atom. The molecule has 1 aliphatic heterocycles. The largest absolute Gasteiger partial charge is 0.342 e. The van der Waals surface area contributed by atoms with Gasteiger partial charge >= 0.3 is 0 Å². The minimum absolute atomic E-state index is 0.253. The lowest BCUT2D eigenvalue weighted by molar-refractivity contribution is -0.139. The average molecular weight is 266 g/mol. The summed E-state index contributed by atoms with van der Waals surface area (Å²) in [5.74, 6) is 1.36. The normalized spacial score (nSPS) is 31.5. The van der Waals surface area contributed by atoms with Crippen LogP contribution in [-0.2, 0) is 4.79 Å². The zero-order chi connectivity index (χ0) is 14.0. The number of nitrogens with two attached hydrogens (primary N) is 1. The van der Waals surface area contributed by atoms with Gasteiger partial charge in [-0.15, -0.1) is 0 Å². The summed E-state index contributed by atoms with van der Waals surface area (Å²) in [6.07, 6.45) is 6.35. The molecule has 2 N–H and O–H groups in total. The highest BCUT2D eigenvalue weighted by molar-refractivity contribution is 5.79. The first-order chi connectivity index (χ1) is 8.92. The van der Waals surface area contributed by atoms with E-state index in [1.807, 2.05) is 0 Å². The van der Waals surface area contributed by atoms with Crippen LogP contribution in [-0.4, -0.2) is 29.9 Å². The summed E-state index contributed by atoms with van der Waals surface area (Å²) < 4.78 is 0. The molecule has 3 nitrogen and oxygen atoms in total. The van der Waals surface area contributed by atoms with Crippen molar-refractivity contribution in [2.45, 2.75) is 65.3 Å². The molecule has 1 heterocycles. The molecule has 0 aromatic heterocycles. The quantitative estimate of drug-likeness (QED) is 0.835. The molecule has 19 heavy (non-hydrogen) atoms.